The lowest BCUT2D eigenvalue weighted by molar-refractivity contribution is -0.123. The van der Waals surface area contributed by atoms with E-state index in [-0.39, 0.29) is 17.2 Å². The Bertz CT molecular complexity index is 1130. The van der Waals surface area contributed by atoms with Gasteiger partial charge in [0, 0.05) is 36.6 Å². The van der Waals surface area contributed by atoms with Gasteiger partial charge in [-0.2, -0.15) is 0 Å². The highest BCUT2D eigenvalue weighted by Crippen LogP contribution is 2.24. The van der Waals surface area contributed by atoms with E-state index < -0.39 is 6.04 Å². The third kappa shape index (κ3) is 7.81. The van der Waals surface area contributed by atoms with Crippen LogP contribution in [0.5, 0.6) is 0 Å². The van der Waals surface area contributed by atoms with E-state index in [0.29, 0.717) is 29.4 Å². The Morgan fingerprint density at radius 3 is 2.65 bits per heavy atom. The molecule has 3 N–H and O–H groups in total. The van der Waals surface area contributed by atoms with Crippen LogP contribution in [0.3, 0.4) is 0 Å². The molecule has 0 spiro atoms. The van der Waals surface area contributed by atoms with Gasteiger partial charge >= 0.3 is 0 Å². The van der Waals surface area contributed by atoms with Crippen LogP contribution in [0.15, 0.2) is 48.9 Å². The zero-order valence-electron chi connectivity index (χ0n) is 19.8. The van der Waals surface area contributed by atoms with Crippen molar-refractivity contribution < 1.29 is 9.59 Å². The number of anilines is 1. The molecule has 9 heteroatoms. The molecule has 34 heavy (non-hydrogen) atoms. The van der Waals surface area contributed by atoms with Crippen LogP contribution >= 0.6 is 22.9 Å². The zero-order chi connectivity index (χ0) is 24.7. The third-order valence-electron chi connectivity index (χ3n) is 5.02. The molecular weight excluding hydrogens is 470 g/mol. The summed E-state index contributed by atoms with van der Waals surface area (Å²) in [7, 11) is 0. The first-order chi connectivity index (χ1) is 16.1. The number of rotatable bonds is 9. The van der Waals surface area contributed by atoms with Crippen LogP contribution in [-0.4, -0.2) is 27.8 Å². The van der Waals surface area contributed by atoms with Crippen molar-refractivity contribution in [2.75, 3.05) is 5.32 Å². The molecule has 0 aromatic carbocycles. The number of carbonyl (C=O) groups excluding carboxylic acids is 2. The Labute approximate surface area is 209 Å². The fourth-order valence-corrected chi connectivity index (χ4v) is 4.34. The highest BCUT2D eigenvalue weighted by Gasteiger charge is 2.27. The number of pyridine rings is 2. The maximum absolute atomic E-state index is 13.0. The number of nitrogens with one attached hydrogen (secondary N) is 3. The number of nitrogens with zero attached hydrogens (tertiary/aromatic N) is 2. The lowest BCUT2D eigenvalue weighted by atomic mass is 9.87. The van der Waals surface area contributed by atoms with Crippen LogP contribution in [0.25, 0.3) is 0 Å². The van der Waals surface area contributed by atoms with Crippen LogP contribution in [0.2, 0.25) is 5.02 Å². The smallest absolute Gasteiger partial charge is 0.262 e. The van der Waals surface area contributed by atoms with Crippen LogP contribution in [-0.2, 0) is 17.9 Å². The second-order valence-corrected chi connectivity index (χ2v) is 10.9. The molecule has 0 aliphatic rings. The van der Waals surface area contributed by atoms with Crippen LogP contribution in [0.1, 0.15) is 53.0 Å². The van der Waals surface area contributed by atoms with Crippen LogP contribution in [0.4, 0.5) is 5.69 Å². The summed E-state index contributed by atoms with van der Waals surface area (Å²) < 4.78 is 0. The molecule has 0 saturated carbocycles. The molecule has 1 atom stereocenters. The summed E-state index contributed by atoms with van der Waals surface area (Å²) in [4.78, 5) is 35.7. The maximum atomic E-state index is 13.0. The van der Waals surface area contributed by atoms with Gasteiger partial charge in [-0.25, -0.2) is 0 Å². The second-order valence-electron chi connectivity index (χ2n) is 9.28. The van der Waals surface area contributed by atoms with Crippen molar-refractivity contribution in [2.24, 2.45) is 5.41 Å². The Morgan fingerprint density at radius 2 is 1.94 bits per heavy atom. The van der Waals surface area contributed by atoms with E-state index in [0.717, 1.165) is 21.8 Å². The predicted molar refractivity (Wildman–Crippen MR) is 137 cm³/mol. The summed E-state index contributed by atoms with van der Waals surface area (Å²) in [6, 6.07) is 8.58. The van der Waals surface area contributed by atoms with Gasteiger partial charge < -0.3 is 16.0 Å². The van der Waals surface area contributed by atoms with E-state index in [1.165, 1.54) is 11.3 Å². The van der Waals surface area contributed by atoms with Gasteiger partial charge in [0.15, 0.2) is 0 Å². The van der Waals surface area contributed by atoms with Gasteiger partial charge in [-0.3, -0.25) is 19.6 Å². The normalized spacial score (nSPS) is 12.1. The molecule has 180 valence electrons. The van der Waals surface area contributed by atoms with Gasteiger partial charge in [0.2, 0.25) is 5.91 Å². The van der Waals surface area contributed by atoms with Gasteiger partial charge in [-0.05, 0) is 48.6 Å². The fraction of sp³-hybridized carbons (Fsp3) is 0.360. The third-order valence-corrected chi connectivity index (χ3v) is 6.31. The van der Waals surface area contributed by atoms with Crippen molar-refractivity contribution in [2.45, 2.75) is 53.2 Å². The van der Waals surface area contributed by atoms with Crippen molar-refractivity contribution in [1.29, 1.82) is 0 Å². The summed E-state index contributed by atoms with van der Waals surface area (Å²) in [6.45, 7) is 8.93. The molecule has 0 aliphatic heterocycles. The van der Waals surface area contributed by atoms with Gasteiger partial charge in [0.25, 0.3) is 5.91 Å². The molecule has 7 nitrogen and oxygen atoms in total. The average Bonchev–Trinajstić information content (AvgIpc) is 3.26. The SMILES string of the molecule is Cc1ncc(Cl)cc1NCc1ccc(C(=O)NC(CC(C)(C)C)C(=O)NCc2cccnc2)s1. The molecule has 3 aromatic rings. The van der Waals surface area contributed by atoms with Crippen LogP contribution < -0.4 is 16.0 Å². The first kappa shape index (κ1) is 25.6. The van der Waals surface area contributed by atoms with Gasteiger partial charge in [0.05, 0.1) is 21.3 Å². The number of aryl methyl sites for hydroxylation is 1. The molecule has 3 heterocycles. The van der Waals surface area contributed by atoms with E-state index in [2.05, 4.69) is 25.9 Å². The van der Waals surface area contributed by atoms with Crippen molar-refractivity contribution in [3.05, 3.63) is 75.0 Å². The predicted octanol–water partition coefficient (Wildman–Crippen LogP) is 4.96. The van der Waals surface area contributed by atoms with E-state index in [1.54, 1.807) is 24.7 Å². The average molecular weight is 500 g/mol. The van der Waals surface area contributed by atoms with Gasteiger partial charge in [0.1, 0.15) is 6.04 Å². The maximum Gasteiger partial charge on any atom is 0.262 e. The first-order valence-corrected chi connectivity index (χ1v) is 12.2. The van der Waals surface area contributed by atoms with Crippen molar-refractivity contribution in [3.8, 4) is 0 Å². The molecule has 0 radical (unpaired) electrons. The topological polar surface area (TPSA) is 96.0 Å². The Morgan fingerprint density at radius 1 is 1.15 bits per heavy atom. The molecular formula is C25H30ClN5O2S. The van der Waals surface area contributed by atoms with E-state index in [4.69, 9.17) is 11.6 Å². The minimum absolute atomic E-state index is 0.142. The summed E-state index contributed by atoms with van der Waals surface area (Å²) in [5, 5.41) is 9.71. The van der Waals surface area contributed by atoms with Crippen molar-refractivity contribution >= 4 is 40.4 Å². The number of carbonyl (C=O) groups is 2. The van der Waals surface area contributed by atoms with E-state index in [9.17, 15) is 9.59 Å². The highest BCUT2D eigenvalue weighted by molar-refractivity contribution is 7.14. The standard InChI is InChI=1S/C25H30ClN5O2S/c1-16-20(10-18(26)14-28-16)29-15-19-7-8-22(34-19)24(33)31-21(11-25(2,3)4)23(32)30-13-17-6-5-9-27-12-17/h5-10,12,14,21,29H,11,13,15H2,1-4H3,(H,30,32)(H,31,33). The fourth-order valence-electron chi connectivity index (χ4n) is 3.33. The van der Waals surface area contributed by atoms with Crippen LogP contribution in [0, 0.1) is 12.3 Å². The molecule has 0 aliphatic carbocycles. The second kappa shape index (κ2) is 11.4. The largest absolute Gasteiger partial charge is 0.379 e. The molecule has 3 rings (SSSR count). The Balaban J connectivity index is 1.62. The number of amides is 2. The molecule has 3 aromatic heterocycles. The lowest BCUT2D eigenvalue weighted by Crippen LogP contribution is -2.48. The highest BCUT2D eigenvalue weighted by atomic mass is 35.5. The van der Waals surface area contributed by atoms with Gasteiger partial charge in [-0.15, -0.1) is 11.3 Å². The van der Waals surface area contributed by atoms with E-state index in [1.807, 2.05) is 52.0 Å². The summed E-state index contributed by atoms with van der Waals surface area (Å²) in [6.07, 6.45) is 5.51. The summed E-state index contributed by atoms with van der Waals surface area (Å²) in [5.74, 6) is -0.475. The molecule has 0 fully saturated rings. The number of aromatic nitrogens is 2. The van der Waals surface area contributed by atoms with Crippen molar-refractivity contribution in [3.63, 3.8) is 0 Å². The summed E-state index contributed by atoms with van der Waals surface area (Å²) in [5.41, 5.74) is 2.46. The Hall–Kier alpha value is -2.97. The lowest BCUT2D eigenvalue weighted by Gasteiger charge is -2.26. The number of hydrogen-bond donors (Lipinski definition) is 3. The van der Waals surface area contributed by atoms with Crippen molar-refractivity contribution in [1.82, 2.24) is 20.6 Å². The summed E-state index contributed by atoms with van der Waals surface area (Å²) >= 11 is 7.42. The molecule has 0 bridgehead atoms. The molecule has 0 saturated heterocycles. The molecule has 2 amide bonds. The number of halogens is 1. The monoisotopic (exact) mass is 499 g/mol. The number of thiophene rings is 1. The zero-order valence-corrected chi connectivity index (χ0v) is 21.4. The quantitative estimate of drug-likeness (QED) is 0.386. The van der Waals surface area contributed by atoms with Gasteiger partial charge in [-0.1, -0.05) is 38.4 Å². The molecule has 1 unspecified atom stereocenters. The minimum atomic E-state index is -0.645. The van der Waals surface area contributed by atoms with E-state index >= 15 is 0 Å². The first-order valence-electron chi connectivity index (χ1n) is 11.0. The minimum Gasteiger partial charge on any atom is -0.379 e. The number of hydrogen-bond acceptors (Lipinski definition) is 6. The Kier molecular flexibility index (Phi) is 8.63.